The quantitative estimate of drug-likeness (QED) is 0.167. The van der Waals surface area contributed by atoms with Gasteiger partial charge in [-0.2, -0.15) is 0 Å². The van der Waals surface area contributed by atoms with E-state index in [9.17, 15) is 14.7 Å². The van der Waals surface area contributed by atoms with Crippen molar-refractivity contribution in [1.29, 1.82) is 0 Å². The Kier molecular flexibility index (Phi) is 9.08. The molecule has 0 aliphatic heterocycles. The van der Waals surface area contributed by atoms with Gasteiger partial charge in [-0.05, 0) is 80.3 Å². The number of carbonyl (C=O) groups excluding carboxylic acids is 2. The number of aliphatic hydroxyl groups is 1. The summed E-state index contributed by atoms with van der Waals surface area (Å²) in [6.45, 7) is 14.2. The first-order chi connectivity index (χ1) is 18.4. The van der Waals surface area contributed by atoms with Crippen LogP contribution in [0, 0.1) is 28.6 Å². The molecule has 0 saturated heterocycles. The zero-order valence-corrected chi connectivity index (χ0v) is 26.3. The van der Waals surface area contributed by atoms with E-state index in [0.717, 1.165) is 43.8 Å². The highest BCUT2D eigenvalue weighted by Crippen LogP contribution is 2.67. The molecule has 3 fully saturated rings. The van der Waals surface area contributed by atoms with E-state index in [2.05, 4.69) is 32.9 Å². The Morgan fingerprint density at radius 2 is 1.77 bits per heavy atom. The normalized spacial score (nSPS) is 37.6. The van der Waals surface area contributed by atoms with Crippen LogP contribution in [0.4, 0.5) is 0 Å². The first-order valence-corrected chi connectivity index (χ1v) is 16.5. The largest absolute Gasteiger partial charge is 0.461 e. The van der Waals surface area contributed by atoms with Crippen LogP contribution in [0.15, 0.2) is 23.3 Å². The first kappa shape index (κ1) is 30.7. The third-order valence-corrected chi connectivity index (χ3v) is 12.8. The Bertz CT molecular complexity index is 998. The van der Waals surface area contributed by atoms with Crippen LogP contribution in [0.5, 0.6) is 0 Å². The number of carbonyl (C=O) groups is 2. The minimum Gasteiger partial charge on any atom is -0.461 e. The summed E-state index contributed by atoms with van der Waals surface area (Å²) in [6.07, 6.45) is 14.6. The third kappa shape index (κ3) is 5.63. The van der Waals surface area contributed by atoms with Crippen molar-refractivity contribution in [2.24, 2.45) is 28.6 Å². The van der Waals surface area contributed by atoms with Gasteiger partial charge in [-0.3, -0.25) is 9.59 Å². The molecule has 0 aromatic rings. The van der Waals surface area contributed by atoms with Crippen LogP contribution in [0.2, 0.25) is 0 Å². The van der Waals surface area contributed by atoms with Gasteiger partial charge in [0.2, 0.25) is 0 Å². The summed E-state index contributed by atoms with van der Waals surface area (Å²) in [5.74, 6) is 1.92. The Morgan fingerprint density at radius 3 is 2.38 bits per heavy atom. The van der Waals surface area contributed by atoms with E-state index in [1.807, 2.05) is 13.8 Å². The zero-order chi connectivity index (χ0) is 28.6. The molecule has 0 aromatic heterocycles. The maximum atomic E-state index is 12.5. The van der Waals surface area contributed by atoms with E-state index in [0.29, 0.717) is 30.1 Å². The lowest BCUT2D eigenvalue weighted by atomic mass is 9.49. The van der Waals surface area contributed by atoms with Gasteiger partial charge in [0, 0.05) is 32.1 Å². The first-order valence-electron chi connectivity index (χ1n) is 15.5. The number of hydrogen-bond acceptors (Lipinski definition) is 6. The Hall–Kier alpha value is -1.27. The number of esters is 2. The monoisotopic (exact) mass is 560 g/mol. The molecule has 220 valence electrons. The van der Waals surface area contributed by atoms with Crippen LogP contribution in [0.25, 0.3) is 0 Å². The van der Waals surface area contributed by atoms with E-state index in [4.69, 9.17) is 9.47 Å². The molecule has 0 radical (unpaired) electrons. The molecule has 1 N–H and O–H groups in total. The number of hydrogen-bond donors (Lipinski definition) is 1. The minimum atomic E-state index is -0.775. The lowest BCUT2D eigenvalue weighted by molar-refractivity contribution is -0.168. The van der Waals surface area contributed by atoms with Crippen molar-refractivity contribution in [2.45, 2.75) is 136 Å². The summed E-state index contributed by atoms with van der Waals surface area (Å²) in [4.78, 5) is 24.1. The number of thioether (sulfide) groups is 1. The van der Waals surface area contributed by atoms with E-state index in [1.54, 1.807) is 17.3 Å². The molecule has 0 spiro atoms. The highest BCUT2D eigenvalue weighted by molar-refractivity contribution is 8.00. The number of fused-ring (bicyclic) bond motifs is 5. The van der Waals surface area contributed by atoms with Crippen molar-refractivity contribution in [2.75, 3.05) is 5.75 Å². The van der Waals surface area contributed by atoms with Crippen LogP contribution < -0.4 is 0 Å². The van der Waals surface area contributed by atoms with Gasteiger partial charge in [0.05, 0.1) is 5.60 Å². The van der Waals surface area contributed by atoms with Crippen molar-refractivity contribution in [1.82, 2.24) is 0 Å². The van der Waals surface area contributed by atoms with Crippen LogP contribution in [0.3, 0.4) is 0 Å². The van der Waals surface area contributed by atoms with Gasteiger partial charge in [-0.1, -0.05) is 64.3 Å². The fourth-order valence-corrected chi connectivity index (χ4v) is 10.3. The van der Waals surface area contributed by atoms with Crippen LogP contribution >= 0.6 is 11.8 Å². The summed E-state index contributed by atoms with van der Waals surface area (Å²) in [7, 11) is 0. The number of allylic oxidation sites excluding steroid dienone is 3. The molecule has 4 aliphatic rings. The van der Waals surface area contributed by atoms with Crippen molar-refractivity contribution in [3.05, 3.63) is 23.3 Å². The van der Waals surface area contributed by atoms with Gasteiger partial charge < -0.3 is 14.6 Å². The van der Waals surface area contributed by atoms with Crippen molar-refractivity contribution < 1.29 is 24.2 Å². The maximum absolute atomic E-state index is 12.5. The van der Waals surface area contributed by atoms with Gasteiger partial charge >= 0.3 is 11.9 Å². The lowest BCUT2D eigenvalue weighted by Crippen LogP contribution is -2.56. The average Bonchev–Trinajstić information content (AvgIpc) is 3.23. The molecule has 0 aromatic carbocycles. The summed E-state index contributed by atoms with van der Waals surface area (Å²) >= 11 is 1.66. The second-order valence-corrected chi connectivity index (χ2v) is 14.8. The summed E-state index contributed by atoms with van der Waals surface area (Å²) < 4.78 is 12.3. The van der Waals surface area contributed by atoms with Gasteiger partial charge in [0.25, 0.3) is 0 Å². The fraction of sp³-hybridized carbons (Fsp3) is 0.818. The molecule has 0 heterocycles. The topological polar surface area (TPSA) is 72.8 Å². The Morgan fingerprint density at radius 1 is 1.05 bits per heavy atom. The maximum Gasteiger partial charge on any atom is 0.304 e. The van der Waals surface area contributed by atoms with Crippen molar-refractivity contribution in [3.8, 4) is 0 Å². The predicted molar refractivity (Wildman–Crippen MR) is 158 cm³/mol. The molecule has 0 bridgehead atoms. The third-order valence-electron chi connectivity index (χ3n) is 11.4. The van der Waals surface area contributed by atoms with Crippen LogP contribution in [-0.4, -0.2) is 39.4 Å². The van der Waals surface area contributed by atoms with Gasteiger partial charge in [-0.15, -0.1) is 11.8 Å². The predicted octanol–water partition coefficient (Wildman–Crippen LogP) is 7.76. The molecule has 4 rings (SSSR count). The second kappa shape index (κ2) is 11.5. The number of ether oxygens (including phenoxy) is 2. The van der Waals surface area contributed by atoms with Gasteiger partial charge in [0.1, 0.15) is 6.10 Å². The van der Waals surface area contributed by atoms with E-state index in [-0.39, 0.29) is 23.5 Å². The molecule has 0 unspecified atom stereocenters. The van der Waals surface area contributed by atoms with Gasteiger partial charge in [-0.25, -0.2) is 0 Å². The molecule has 3 saturated carbocycles. The van der Waals surface area contributed by atoms with E-state index in [1.165, 1.54) is 45.1 Å². The van der Waals surface area contributed by atoms with E-state index >= 15 is 0 Å². The molecular formula is C33H52O5S. The average molecular weight is 561 g/mol. The molecule has 5 nitrogen and oxygen atoms in total. The molecule has 7 atom stereocenters. The summed E-state index contributed by atoms with van der Waals surface area (Å²) in [5.41, 5.74) is 2.24. The summed E-state index contributed by atoms with van der Waals surface area (Å²) in [6, 6.07) is 0. The highest BCUT2D eigenvalue weighted by atomic mass is 32.2. The fourth-order valence-electron chi connectivity index (χ4n) is 8.90. The molecule has 0 amide bonds. The molecule has 4 aliphatic carbocycles. The molecule has 39 heavy (non-hydrogen) atoms. The number of rotatable bonds is 10. The lowest BCUT2D eigenvalue weighted by Gasteiger charge is -2.58. The van der Waals surface area contributed by atoms with Crippen molar-refractivity contribution in [3.63, 3.8) is 0 Å². The Balaban J connectivity index is 1.65. The zero-order valence-electron chi connectivity index (χ0n) is 25.4. The van der Waals surface area contributed by atoms with Gasteiger partial charge in [0.15, 0.2) is 4.93 Å². The second-order valence-electron chi connectivity index (χ2n) is 13.3. The SMILES string of the molecule is CC[C@H]1CC[C@H]2C3=CC=C4C[C@](OC(C)=O)(SCCCC(O)(CC)CC)C[C@H](OC(C)=O)[C@]4(C)[C@H]3CC[C@]12C. The minimum absolute atomic E-state index is 0.274. The summed E-state index contributed by atoms with van der Waals surface area (Å²) in [5, 5.41) is 10.8. The van der Waals surface area contributed by atoms with E-state index < -0.39 is 10.5 Å². The van der Waals surface area contributed by atoms with Crippen molar-refractivity contribution >= 4 is 23.7 Å². The molecule has 6 heteroatoms. The smallest absolute Gasteiger partial charge is 0.304 e. The van der Waals surface area contributed by atoms with Crippen LogP contribution in [-0.2, 0) is 19.1 Å². The standard InChI is InChI=1S/C33H52O5S/c1-8-24-13-15-27-26-14-12-25-20-33(38-23(5)35,39-19-11-17-32(36,9-2)10-3)21-29(37-22(4)34)31(25,7)28(26)16-18-30(24,27)6/h12,14,24,27-29,36H,8-11,13,15-21H2,1-7H3/t24-,27-,28-,29-,30+,31-,33-/m0/s1. The van der Waals surface area contributed by atoms with Crippen LogP contribution in [0.1, 0.15) is 119 Å². The Labute approximate surface area is 240 Å². The molecular weight excluding hydrogens is 508 g/mol. The highest BCUT2D eigenvalue weighted by Gasteiger charge is 2.61.